The van der Waals surface area contributed by atoms with Gasteiger partial charge >= 0.3 is 0 Å². The third kappa shape index (κ3) is 1.85. The molecule has 4 rings (SSSR count). The predicted molar refractivity (Wildman–Crippen MR) is 79.9 cm³/mol. The lowest BCUT2D eigenvalue weighted by Crippen LogP contribution is -2.43. The van der Waals surface area contributed by atoms with Crippen LogP contribution in [-0.4, -0.2) is 16.4 Å². The standard InChI is InChI=1S/C16H12N2.ClH/c1-2-6-14-12(4-1)7-9-18-11-13-5-3-8-17-15(13)10-16(14)18;/h1-8,10-11H,9H2;1H. The van der Waals surface area contributed by atoms with E-state index >= 15 is 0 Å². The van der Waals surface area contributed by atoms with Crippen molar-refractivity contribution in [1.82, 2.24) is 9.88 Å². The van der Waals surface area contributed by atoms with Gasteiger partial charge < -0.3 is 4.90 Å². The highest BCUT2D eigenvalue weighted by atomic mass is 35.5. The molecule has 1 aromatic heterocycles. The topological polar surface area (TPSA) is 16.1 Å². The summed E-state index contributed by atoms with van der Waals surface area (Å²) in [5.74, 6) is 0. The van der Waals surface area contributed by atoms with E-state index in [0.29, 0.717) is 0 Å². The monoisotopic (exact) mass is 268 g/mol. The molecule has 19 heavy (non-hydrogen) atoms. The molecule has 2 nitrogen and oxygen atoms in total. The Morgan fingerprint density at radius 2 is 1.84 bits per heavy atom. The van der Waals surface area contributed by atoms with Crippen LogP contribution in [0.4, 0.5) is 0 Å². The minimum absolute atomic E-state index is 0. The number of aromatic nitrogens is 1. The third-order valence-corrected chi connectivity index (χ3v) is 3.49. The van der Waals surface area contributed by atoms with Gasteiger partial charge in [0.05, 0.1) is 11.0 Å². The SMILES string of the molecule is C1=c2ccccc2=C2C=c3ncccc3=CN2C1.Cl. The fourth-order valence-electron chi connectivity index (χ4n) is 2.60. The van der Waals surface area contributed by atoms with E-state index < -0.39 is 0 Å². The van der Waals surface area contributed by atoms with Gasteiger partial charge in [-0.2, -0.15) is 0 Å². The molecule has 0 bridgehead atoms. The van der Waals surface area contributed by atoms with Crippen LogP contribution < -0.4 is 21.0 Å². The third-order valence-electron chi connectivity index (χ3n) is 3.49. The lowest BCUT2D eigenvalue weighted by Gasteiger charge is -2.25. The molecule has 3 heteroatoms. The molecule has 1 aromatic carbocycles. The second-order valence-electron chi connectivity index (χ2n) is 4.58. The Bertz CT molecular complexity index is 868. The van der Waals surface area contributed by atoms with E-state index in [9.17, 15) is 0 Å². The van der Waals surface area contributed by atoms with E-state index in [1.54, 1.807) is 0 Å². The maximum absolute atomic E-state index is 4.44. The van der Waals surface area contributed by atoms with E-state index in [4.69, 9.17) is 0 Å². The first-order chi connectivity index (χ1) is 8.92. The number of pyridine rings is 1. The highest BCUT2D eigenvalue weighted by Crippen LogP contribution is 2.10. The summed E-state index contributed by atoms with van der Waals surface area (Å²) < 4.78 is 0. The Kier molecular flexibility index (Phi) is 2.88. The van der Waals surface area contributed by atoms with Crippen LogP contribution in [0.15, 0.2) is 42.6 Å². The van der Waals surface area contributed by atoms with Crippen LogP contribution in [0.3, 0.4) is 0 Å². The van der Waals surface area contributed by atoms with Crippen LogP contribution in [0.2, 0.25) is 0 Å². The van der Waals surface area contributed by atoms with Gasteiger partial charge in [0.1, 0.15) is 0 Å². The van der Waals surface area contributed by atoms with Gasteiger partial charge in [-0.25, -0.2) is 0 Å². The predicted octanol–water partition coefficient (Wildman–Crippen LogP) is -0.0600. The van der Waals surface area contributed by atoms with Gasteiger partial charge in [0.2, 0.25) is 0 Å². The average Bonchev–Trinajstić information content (AvgIpc) is 2.45. The number of nitrogens with zero attached hydrogens (tertiary/aromatic N) is 2. The minimum atomic E-state index is 0. The number of halogens is 1. The molecule has 94 valence electrons. The number of rotatable bonds is 0. The Morgan fingerprint density at radius 3 is 2.79 bits per heavy atom. The Balaban J connectivity index is 0.00000110. The Labute approximate surface area is 117 Å². The highest BCUT2D eigenvalue weighted by Gasteiger charge is 2.12. The summed E-state index contributed by atoms with van der Waals surface area (Å²) in [7, 11) is 0. The lowest BCUT2D eigenvalue weighted by molar-refractivity contribution is 0.651. The van der Waals surface area contributed by atoms with Crippen molar-refractivity contribution in [3.8, 4) is 0 Å². The van der Waals surface area contributed by atoms with E-state index in [-0.39, 0.29) is 12.4 Å². The van der Waals surface area contributed by atoms with Crippen LogP contribution in [0.1, 0.15) is 0 Å². The zero-order valence-corrected chi connectivity index (χ0v) is 11.1. The molecule has 0 unspecified atom stereocenters. The van der Waals surface area contributed by atoms with E-state index in [1.807, 2.05) is 12.3 Å². The second-order valence-corrected chi connectivity index (χ2v) is 4.58. The molecule has 2 aliphatic rings. The molecule has 0 saturated carbocycles. The van der Waals surface area contributed by atoms with Crippen molar-refractivity contribution in [3.63, 3.8) is 0 Å². The Morgan fingerprint density at radius 1 is 1.00 bits per heavy atom. The van der Waals surface area contributed by atoms with Gasteiger partial charge in [0.25, 0.3) is 0 Å². The zero-order chi connectivity index (χ0) is 11.9. The number of fused-ring (bicyclic) bond motifs is 3. The summed E-state index contributed by atoms with van der Waals surface area (Å²) in [5, 5.41) is 4.85. The zero-order valence-electron chi connectivity index (χ0n) is 10.3. The summed E-state index contributed by atoms with van der Waals surface area (Å²) >= 11 is 0. The summed E-state index contributed by atoms with van der Waals surface area (Å²) in [6.07, 6.45) is 8.48. The van der Waals surface area contributed by atoms with Crippen LogP contribution in [0.5, 0.6) is 0 Å². The average molecular weight is 269 g/mol. The van der Waals surface area contributed by atoms with Gasteiger partial charge in [-0.1, -0.05) is 30.3 Å². The Hall–Kier alpha value is -2.06. The molecule has 0 atom stereocenters. The fraction of sp³-hybridized carbons (Fsp3) is 0.0625. The van der Waals surface area contributed by atoms with E-state index in [2.05, 4.69) is 58.6 Å². The first-order valence-electron chi connectivity index (χ1n) is 6.13. The minimum Gasteiger partial charge on any atom is -0.343 e. The highest BCUT2D eigenvalue weighted by molar-refractivity contribution is 5.85. The van der Waals surface area contributed by atoms with Gasteiger partial charge in [0, 0.05) is 29.4 Å². The molecular weight excluding hydrogens is 256 g/mol. The second kappa shape index (κ2) is 4.56. The van der Waals surface area contributed by atoms with Gasteiger partial charge in [-0.15, -0.1) is 12.4 Å². The largest absolute Gasteiger partial charge is 0.343 e. The first kappa shape index (κ1) is 12.0. The maximum atomic E-state index is 4.44. The van der Waals surface area contributed by atoms with Crippen LogP contribution >= 0.6 is 12.4 Å². The summed E-state index contributed by atoms with van der Waals surface area (Å²) in [4.78, 5) is 6.72. The maximum Gasteiger partial charge on any atom is 0.0737 e. The van der Waals surface area contributed by atoms with Crippen molar-refractivity contribution in [2.24, 2.45) is 0 Å². The first-order valence-corrected chi connectivity index (χ1v) is 6.13. The van der Waals surface area contributed by atoms with Crippen molar-refractivity contribution in [3.05, 3.63) is 63.6 Å². The summed E-state index contributed by atoms with van der Waals surface area (Å²) in [6.45, 7) is 0.928. The number of hydrogen-bond acceptors (Lipinski definition) is 2. The van der Waals surface area contributed by atoms with E-state index in [0.717, 1.165) is 11.9 Å². The molecule has 0 spiro atoms. The van der Waals surface area contributed by atoms with Gasteiger partial charge in [-0.05, 0) is 23.4 Å². The normalized spacial score (nSPS) is 14.7. The molecule has 2 aromatic rings. The van der Waals surface area contributed by atoms with Crippen molar-refractivity contribution >= 4 is 36.5 Å². The smallest absolute Gasteiger partial charge is 0.0737 e. The molecule has 2 aliphatic heterocycles. The molecule has 0 saturated heterocycles. The molecule has 0 N–H and O–H groups in total. The fourth-order valence-corrected chi connectivity index (χ4v) is 2.60. The molecular formula is C16H13ClN2. The lowest BCUT2D eigenvalue weighted by atomic mass is 10.1. The summed E-state index contributed by atoms with van der Waals surface area (Å²) in [6, 6.07) is 12.6. The van der Waals surface area contributed by atoms with Crippen LogP contribution in [0, 0.1) is 0 Å². The van der Waals surface area contributed by atoms with Gasteiger partial charge in [-0.3, -0.25) is 4.98 Å². The van der Waals surface area contributed by atoms with Crippen molar-refractivity contribution in [1.29, 1.82) is 0 Å². The number of benzene rings is 1. The van der Waals surface area contributed by atoms with Crippen molar-refractivity contribution < 1.29 is 0 Å². The van der Waals surface area contributed by atoms with E-state index in [1.165, 1.54) is 21.4 Å². The molecule has 0 fully saturated rings. The molecule has 0 aliphatic carbocycles. The molecule has 0 amide bonds. The van der Waals surface area contributed by atoms with Crippen molar-refractivity contribution in [2.45, 2.75) is 0 Å². The van der Waals surface area contributed by atoms with Crippen LogP contribution in [0.25, 0.3) is 24.0 Å². The van der Waals surface area contributed by atoms with Gasteiger partial charge in [0.15, 0.2) is 0 Å². The number of hydrogen-bond donors (Lipinski definition) is 0. The van der Waals surface area contributed by atoms with Crippen molar-refractivity contribution in [2.75, 3.05) is 6.54 Å². The summed E-state index contributed by atoms with van der Waals surface area (Å²) in [5.41, 5.74) is 1.25. The van der Waals surface area contributed by atoms with Crippen LogP contribution in [-0.2, 0) is 0 Å². The molecule has 0 radical (unpaired) electrons. The molecule has 3 heterocycles. The quantitative estimate of drug-likeness (QED) is 0.666.